The predicted molar refractivity (Wildman–Crippen MR) is 108 cm³/mol. The highest BCUT2D eigenvalue weighted by Gasteiger charge is 2.27. The van der Waals surface area contributed by atoms with Gasteiger partial charge in [-0.25, -0.2) is 4.79 Å². The summed E-state index contributed by atoms with van der Waals surface area (Å²) < 4.78 is 5.72. The molecule has 2 atom stereocenters. The molecule has 0 saturated heterocycles. The van der Waals surface area contributed by atoms with Gasteiger partial charge in [0.2, 0.25) is 0 Å². The van der Waals surface area contributed by atoms with E-state index in [1.54, 1.807) is 24.4 Å². The normalized spacial score (nSPS) is 19.4. The van der Waals surface area contributed by atoms with Crippen molar-refractivity contribution in [3.05, 3.63) is 53.3 Å². The first-order valence-electron chi connectivity index (χ1n) is 9.40. The van der Waals surface area contributed by atoms with Crippen LogP contribution in [0.1, 0.15) is 38.3 Å². The molecule has 0 unspecified atom stereocenters. The molecule has 0 aliphatic heterocycles. The average molecular weight is 388 g/mol. The van der Waals surface area contributed by atoms with Crippen LogP contribution in [-0.2, 0) is 6.61 Å². The van der Waals surface area contributed by atoms with Crippen molar-refractivity contribution in [2.45, 2.75) is 45.3 Å². The maximum atomic E-state index is 12.6. The molecule has 0 bridgehead atoms. The lowest BCUT2D eigenvalue weighted by Gasteiger charge is -2.36. The Morgan fingerprint density at radius 1 is 1.30 bits per heavy atom. The number of amides is 2. The average Bonchev–Trinajstić information content (AvgIpc) is 2.68. The smallest absolute Gasteiger partial charge is 0.321 e. The number of hydrogen-bond acceptors (Lipinski definition) is 3. The number of anilines is 1. The number of rotatable bonds is 5. The number of nitrogens with zero attached hydrogens (tertiary/aromatic N) is 2. The standard InChI is InChI=1S/C21H26ClN3O2/c1-15-7-3-4-9-19(15)25(2)21(26)24-16-10-11-20(18(22)13-16)27-14-17-8-5-6-12-23-17/h5-6,8,10-13,15,19H,3-4,7,9,14H2,1-2H3,(H,24,26)/t15-,19+/m0/s1. The first-order valence-corrected chi connectivity index (χ1v) is 9.78. The van der Waals surface area contributed by atoms with Crippen molar-refractivity contribution in [2.24, 2.45) is 5.92 Å². The summed E-state index contributed by atoms with van der Waals surface area (Å²) in [4.78, 5) is 18.6. The summed E-state index contributed by atoms with van der Waals surface area (Å²) in [6.45, 7) is 2.56. The van der Waals surface area contributed by atoms with E-state index < -0.39 is 0 Å². The van der Waals surface area contributed by atoms with Crippen LogP contribution in [-0.4, -0.2) is 29.0 Å². The summed E-state index contributed by atoms with van der Waals surface area (Å²) in [6, 6.07) is 11.1. The minimum Gasteiger partial charge on any atom is -0.486 e. The topological polar surface area (TPSA) is 54.5 Å². The lowest BCUT2D eigenvalue weighted by molar-refractivity contribution is 0.155. The fourth-order valence-corrected chi connectivity index (χ4v) is 3.80. The Kier molecular flexibility index (Phi) is 6.56. The van der Waals surface area contributed by atoms with Gasteiger partial charge in [-0.3, -0.25) is 4.98 Å². The van der Waals surface area contributed by atoms with Crippen molar-refractivity contribution in [3.63, 3.8) is 0 Å². The molecule has 1 saturated carbocycles. The van der Waals surface area contributed by atoms with Gasteiger partial charge in [0.1, 0.15) is 12.4 Å². The van der Waals surface area contributed by atoms with Crippen LogP contribution in [0.25, 0.3) is 0 Å². The van der Waals surface area contributed by atoms with E-state index in [2.05, 4.69) is 17.2 Å². The molecule has 1 fully saturated rings. The Morgan fingerprint density at radius 3 is 2.81 bits per heavy atom. The zero-order valence-electron chi connectivity index (χ0n) is 15.8. The van der Waals surface area contributed by atoms with E-state index in [1.165, 1.54) is 19.3 Å². The summed E-state index contributed by atoms with van der Waals surface area (Å²) in [5.74, 6) is 1.09. The van der Waals surface area contributed by atoms with E-state index in [4.69, 9.17) is 16.3 Å². The molecule has 5 nitrogen and oxygen atoms in total. The number of halogens is 1. The molecule has 0 radical (unpaired) electrons. The molecule has 1 N–H and O–H groups in total. The van der Waals surface area contributed by atoms with Crippen molar-refractivity contribution < 1.29 is 9.53 Å². The Bertz CT molecular complexity index is 769. The minimum absolute atomic E-state index is 0.105. The van der Waals surface area contributed by atoms with E-state index >= 15 is 0 Å². The number of carbonyl (C=O) groups excluding carboxylic acids is 1. The molecular weight excluding hydrogens is 362 g/mol. The van der Waals surface area contributed by atoms with Gasteiger partial charge in [0.05, 0.1) is 10.7 Å². The summed E-state index contributed by atoms with van der Waals surface area (Å²) in [5, 5.41) is 3.39. The molecule has 27 heavy (non-hydrogen) atoms. The van der Waals surface area contributed by atoms with Gasteiger partial charge in [-0.1, -0.05) is 37.4 Å². The zero-order valence-corrected chi connectivity index (χ0v) is 16.6. The number of ether oxygens (including phenoxy) is 1. The van der Waals surface area contributed by atoms with Crippen LogP contribution in [0, 0.1) is 5.92 Å². The number of nitrogens with one attached hydrogen (secondary N) is 1. The second-order valence-corrected chi connectivity index (χ2v) is 7.53. The highest BCUT2D eigenvalue weighted by Crippen LogP contribution is 2.30. The number of urea groups is 1. The number of benzene rings is 1. The highest BCUT2D eigenvalue weighted by atomic mass is 35.5. The molecule has 2 aromatic rings. The van der Waals surface area contributed by atoms with Gasteiger partial charge >= 0.3 is 6.03 Å². The summed E-state index contributed by atoms with van der Waals surface area (Å²) in [5.41, 5.74) is 1.49. The van der Waals surface area contributed by atoms with Crippen LogP contribution in [0.5, 0.6) is 5.75 Å². The molecule has 2 amide bonds. The van der Waals surface area contributed by atoms with E-state index in [0.717, 1.165) is 12.1 Å². The summed E-state index contributed by atoms with van der Waals surface area (Å²) >= 11 is 6.32. The summed E-state index contributed by atoms with van der Waals surface area (Å²) in [7, 11) is 1.87. The van der Waals surface area contributed by atoms with Crippen LogP contribution >= 0.6 is 11.6 Å². The molecule has 144 valence electrons. The van der Waals surface area contributed by atoms with Crippen molar-refractivity contribution in [1.29, 1.82) is 0 Å². The molecule has 0 spiro atoms. The second-order valence-electron chi connectivity index (χ2n) is 7.13. The van der Waals surface area contributed by atoms with Crippen LogP contribution < -0.4 is 10.1 Å². The fraction of sp³-hybridized carbons (Fsp3) is 0.429. The van der Waals surface area contributed by atoms with Crippen molar-refractivity contribution in [1.82, 2.24) is 9.88 Å². The molecule has 3 rings (SSSR count). The van der Waals surface area contributed by atoms with Crippen LogP contribution in [0.3, 0.4) is 0 Å². The molecule has 1 aromatic heterocycles. The number of pyridine rings is 1. The van der Waals surface area contributed by atoms with Gasteiger partial charge in [0, 0.05) is 25.0 Å². The monoisotopic (exact) mass is 387 g/mol. The van der Waals surface area contributed by atoms with Gasteiger partial charge in [0.25, 0.3) is 0 Å². The zero-order chi connectivity index (χ0) is 19.2. The highest BCUT2D eigenvalue weighted by molar-refractivity contribution is 6.32. The van der Waals surface area contributed by atoms with Gasteiger partial charge in [0.15, 0.2) is 0 Å². The largest absolute Gasteiger partial charge is 0.486 e. The molecule has 1 aliphatic carbocycles. The van der Waals surface area contributed by atoms with Crippen molar-refractivity contribution >= 4 is 23.3 Å². The Hall–Kier alpha value is -2.27. The van der Waals surface area contributed by atoms with Gasteiger partial charge < -0.3 is 15.0 Å². The van der Waals surface area contributed by atoms with E-state index in [1.807, 2.05) is 30.1 Å². The minimum atomic E-state index is -0.105. The SMILES string of the molecule is C[C@H]1CCCC[C@H]1N(C)C(=O)Nc1ccc(OCc2ccccn2)c(Cl)c1. The van der Waals surface area contributed by atoms with Gasteiger partial charge in [-0.05, 0) is 49.1 Å². The molecule has 1 aromatic carbocycles. The number of hydrogen-bond donors (Lipinski definition) is 1. The van der Waals surface area contributed by atoms with E-state index in [-0.39, 0.29) is 12.1 Å². The molecule has 1 aliphatic rings. The second kappa shape index (κ2) is 9.09. The third-order valence-corrected chi connectivity index (χ3v) is 5.46. The van der Waals surface area contributed by atoms with E-state index in [9.17, 15) is 4.79 Å². The van der Waals surface area contributed by atoms with Crippen LogP contribution in [0.2, 0.25) is 5.02 Å². The predicted octanol–water partition coefficient (Wildman–Crippen LogP) is 5.36. The van der Waals surface area contributed by atoms with Crippen molar-refractivity contribution in [3.8, 4) is 5.75 Å². The maximum absolute atomic E-state index is 12.6. The van der Waals surface area contributed by atoms with Crippen LogP contribution in [0.15, 0.2) is 42.6 Å². The Morgan fingerprint density at radius 2 is 2.11 bits per heavy atom. The third-order valence-electron chi connectivity index (χ3n) is 5.17. The van der Waals surface area contributed by atoms with Gasteiger partial charge in [-0.15, -0.1) is 0 Å². The molecule has 1 heterocycles. The first-order chi connectivity index (χ1) is 13.0. The van der Waals surface area contributed by atoms with Gasteiger partial charge in [-0.2, -0.15) is 0 Å². The first kappa shape index (κ1) is 19.5. The maximum Gasteiger partial charge on any atom is 0.321 e. The number of aromatic nitrogens is 1. The summed E-state index contributed by atoms with van der Waals surface area (Å²) in [6.07, 6.45) is 6.40. The van der Waals surface area contributed by atoms with E-state index in [0.29, 0.717) is 29.0 Å². The quantitative estimate of drug-likeness (QED) is 0.751. The van der Waals surface area contributed by atoms with Crippen molar-refractivity contribution in [2.75, 3.05) is 12.4 Å². The Labute approximate surface area is 165 Å². The third kappa shape index (κ3) is 5.13. The Balaban J connectivity index is 1.59. The number of carbonyl (C=O) groups is 1. The lowest BCUT2D eigenvalue weighted by Crippen LogP contribution is -2.44. The lowest BCUT2D eigenvalue weighted by atomic mass is 9.85. The molecular formula is C21H26ClN3O2. The molecule has 6 heteroatoms. The fourth-order valence-electron chi connectivity index (χ4n) is 3.57. The van der Waals surface area contributed by atoms with Crippen LogP contribution in [0.4, 0.5) is 10.5 Å².